The van der Waals surface area contributed by atoms with E-state index in [0.29, 0.717) is 13.0 Å². The molecule has 1 aromatic carbocycles. The van der Waals surface area contributed by atoms with Gasteiger partial charge in [-0.1, -0.05) is 6.92 Å². The van der Waals surface area contributed by atoms with Gasteiger partial charge in [0, 0.05) is 6.07 Å². The van der Waals surface area contributed by atoms with E-state index in [1.807, 2.05) is 6.92 Å². The zero-order chi connectivity index (χ0) is 15.2. The molecule has 0 unspecified atom stereocenters. The number of alkyl halides is 3. The van der Waals surface area contributed by atoms with Gasteiger partial charge >= 0.3 is 12.3 Å². The number of hydrogen-bond donors (Lipinski definition) is 0. The van der Waals surface area contributed by atoms with Crippen molar-refractivity contribution >= 4 is 5.97 Å². The molecule has 20 heavy (non-hydrogen) atoms. The summed E-state index contributed by atoms with van der Waals surface area (Å²) in [7, 11) is 0. The molecule has 0 aliphatic carbocycles. The Morgan fingerprint density at radius 2 is 1.80 bits per heavy atom. The highest BCUT2D eigenvalue weighted by Gasteiger charge is 2.31. The average Bonchev–Trinajstić information content (AvgIpc) is 2.34. The third kappa shape index (κ3) is 5.38. The van der Waals surface area contributed by atoms with Crippen LogP contribution in [0.25, 0.3) is 0 Å². The number of hydrogen-bond acceptors (Lipinski definition) is 4. The fraction of sp³-hybridized carbons (Fsp3) is 0.462. The van der Waals surface area contributed by atoms with E-state index >= 15 is 0 Å². The first-order valence-electron chi connectivity index (χ1n) is 6.06. The number of carbonyl (C=O) groups is 1. The SMILES string of the molecule is CCCOc1cc(OC(F)(F)F)cc(C(=O)OCC)c1. The smallest absolute Gasteiger partial charge is 0.493 e. The molecule has 0 fully saturated rings. The molecular formula is C13H15F3O4. The highest BCUT2D eigenvalue weighted by Crippen LogP contribution is 2.28. The summed E-state index contributed by atoms with van der Waals surface area (Å²) in [6, 6.07) is 3.35. The van der Waals surface area contributed by atoms with Gasteiger partial charge in [0.25, 0.3) is 0 Å². The molecule has 112 valence electrons. The Labute approximate surface area is 114 Å². The molecule has 0 atom stereocenters. The van der Waals surface area contributed by atoms with Crippen molar-refractivity contribution in [1.82, 2.24) is 0 Å². The maximum atomic E-state index is 12.2. The van der Waals surface area contributed by atoms with Crippen molar-refractivity contribution in [2.75, 3.05) is 13.2 Å². The minimum absolute atomic E-state index is 0.0558. The van der Waals surface area contributed by atoms with E-state index in [1.54, 1.807) is 6.92 Å². The van der Waals surface area contributed by atoms with Crippen LogP contribution in [0.15, 0.2) is 18.2 Å². The van der Waals surface area contributed by atoms with Crippen LogP contribution in [0.5, 0.6) is 11.5 Å². The maximum Gasteiger partial charge on any atom is 0.573 e. The molecule has 0 radical (unpaired) electrons. The molecule has 0 spiro atoms. The van der Waals surface area contributed by atoms with Gasteiger partial charge in [0.05, 0.1) is 18.8 Å². The lowest BCUT2D eigenvalue weighted by molar-refractivity contribution is -0.274. The summed E-state index contributed by atoms with van der Waals surface area (Å²) in [5, 5.41) is 0. The fourth-order valence-corrected chi connectivity index (χ4v) is 1.40. The maximum absolute atomic E-state index is 12.2. The molecule has 1 aromatic rings. The summed E-state index contributed by atoms with van der Waals surface area (Å²) in [6.45, 7) is 3.89. The molecule has 0 bridgehead atoms. The molecule has 0 amide bonds. The largest absolute Gasteiger partial charge is 0.573 e. The van der Waals surface area contributed by atoms with Crippen molar-refractivity contribution in [3.63, 3.8) is 0 Å². The summed E-state index contributed by atoms with van der Waals surface area (Å²) in [6.07, 6.45) is -4.16. The van der Waals surface area contributed by atoms with Gasteiger partial charge in [-0.05, 0) is 25.5 Å². The highest BCUT2D eigenvalue weighted by atomic mass is 19.4. The van der Waals surface area contributed by atoms with E-state index in [9.17, 15) is 18.0 Å². The van der Waals surface area contributed by atoms with Gasteiger partial charge < -0.3 is 14.2 Å². The normalized spacial score (nSPS) is 11.1. The number of esters is 1. The molecule has 0 aromatic heterocycles. The second-order valence-corrected chi connectivity index (χ2v) is 3.81. The van der Waals surface area contributed by atoms with Crippen molar-refractivity contribution in [1.29, 1.82) is 0 Å². The standard InChI is InChI=1S/C13H15F3O4/c1-3-5-19-10-6-9(12(17)18-4-2)7-11(8-10)20-13(14,15)16/h6-8H,3-5H2,1-2H3. The molecule has 0 saturated heterocycles. The molecule has 1 rings (SSSR count). The lowest BCUT2D eigenvalue weighted by Gasteiger charge is -2.12. The van der Waals surface area contributed by atoms with Crippen LogP contribution in [0.1, 0.15) is 30.6 Å². The third-order valence-electron chi connectivity index (χ3n) is 2.10. The summed E-state index contributed by atoms with van der Waals surface area (Å²) < 4.78 is 50.4. The Hall–Kier alpha value is -1.92. The number of benzene rings is 1. The van der Waals surface area contributed by atoms with E-state index in [1.165, 1.54) is 6.07 Å². The third-order valence-corrected chi connectivity index (χ3v) is 2.10. The molecule has 4 nitrogen and oxygen atoms in total. The van der Waals surface area contributed by atoms with Crippen molar-refractivity contribution in [2.24, 2.45) is 0 Å². The van der Waals surface area contributed by atoms with Gasteiger partial charge in [-0.2, -0.15) is 0 Å². The zero-order valence-corrected chi connectivity index (χ0v) is 11.1. The van der Waals surface area contributed by atoms with Crippen LogP contribution in [0.3, 0.4) is 0 Å². The Morgan fingerprint density at radius 1 is 1.15 bits per heavy atom. The second kappa shape index (κ2) is 7.02. The number of halogens is 3. The predicted molar refractivity (Wildman–Crippen MR) is 64.9 cm³/mol. The van der Waals surface area contributed by atoms with Crippen molar-refractivity contribution in [3.8, 4) is 11.5 Å². The molecule has 0 saturated carbocycles. The minimum atomic E-state index is -4.84. The van der Waals surface area contributed by atoms with Crippen molar-refractivity contribution in [2.45, 2.75) is 26.6 Å². The average molecular weight is 292 g/mol. The quantitative estimate of drug-likeness (QED) is 0.752. The molecule has 0 N–H and O–H groups in total. The summed E-state index contributed by atoms with van der Waals surface area (Å²) in [5.74, 6) is -1.13. The van der Waals surface area contributed by atoms with Crippen LogP contribution in [-0.4, -0.2) is 25.5 Å². The molecular weight excluding hydrogens is 277 g/mol. The predicted octanol–water partition coefficient (Wildman–Crippen LogP) is 3.55. The minimum Gasteiger partial charge on any atom is -0.493 e. The summed E-state index contributed by atoms with van der Waals surface area (Å²) in [4.78, 5) is 11.6. The molecule has 0 heterocycles. The Bertz CT molecular complexity index is 457. The zero-order valence-electron chi connectivity index (χ0n) is 11.1. The Morgan fingerprint density at radius 3 is 2.35 bits per heavy atom. The van der Waals surface area contributed by atoms with Gasteiger partial charge in [-0.3, -0.25) is 0 Å². The first-order valence-corrected chi connectivity index (χ1v) is 6.06. The highest BCUT2D eigenvalue weighted by molar-refractivity contribution is 5.90. The Balaban J connectivity index is 3.03. The van der Waals surface area contributed by atoms with E-state index in [4.69, 9.17) is 9.47 Å². The number of ether oxygens (including phenoxy) is 3. The van der Waals surface area contributed by atoms with Crippen molar-refractivity contribution < 1.29 is 32.2 Å². The molecule has 7 heteroatoms. The van der Waals surface area contributed by atoms with Crippen LogP contribution in [-0.2, 0) is 4.74 Å². The molecule has 0 aliphatic rings. The Kier molecular flexibility index (Phi) is 5.66. The molecule has 0 aliphatic heterocycles. The van der Waals surface area contributed by atoms with Crippen LogP contribution in [0.4, 0.5) is 13.2 Å². The number of rotatable bonds is 6. The van der Waals surface area contributed by atoms with Crippen LogP contribution in [0, 0.1) is 0 Å². The monoisotopic (exact) mass is 292 g/mol. The fourth-order valence-electron chi connectivity index (χ4n) is 1.40. The second-order valence-electron chi connectivity index (χ2n) is 3.81. The lowest BCUT2D eigenvalue weighted by atomic mass is 10.2. The van der Waals surface area contributed by atoms with E-state index in [-0.39, 0.29) is 17.9 Å². The van der Waals surface area contributed by atoms with Crippen LogP contribution in [0.2, 0.25) is 0 Å². The van der Waals surface area contributed by atoms with E-state index < -0.39 is 18.1 Å². The topological polar surface area (TPSA) is 44.8 Å². The van der Waals surface area contributed by atoms with Crippen LogP contribution < -0.4 is 9.47 Å². The first kappa shape index (κ1) is 16.1. The summed E-state index contributed by atoms with van der Waals surface area (Å²) >= 11 is 0. The lowest BCUT2D eigenvalue weighted by Crippen LogP contribution is -2.17. The van der Waals surface area contributed by atoms with E-state index in [0.717, 1.165) is 12.1 Å². The van der Waals surface area contributed by atoms with Gasteiger partial charge in [-0.15, -0.1) is 13.2 Å². The van der Waals surface area contributed by atoms with Gasteiger partial charge in [0.2, 0.25) is 0 Å². The number of carbonyl (C=O) groups excluding carboxylic acids is 1. The van der Waals surface area contributed by atoms with E-state index in [2.05, 4.69) is 4.74 Å². The van der Waals surface area contributed by atoms with Crippen molar-refractivity contribution in [3.05, 3.63) is 23.8 Å². The first-order chi connectivity index (χ1) is 9.35. The summed E-state index contributed by atoms with van der Waals surface area (Å²) in [5.41, 5.74) is -0.0558. The van der Waals surface area contributed by atoms with Crippen LogP contribution >= 0.6 is 0 Å². The van der Waals surface area contributed by atoms with Gasteiger partial charge in [0.1, 0.15) is 11.5 Å². The van der Waals surface area contributed by atoms with Gasteiger partial charge in [0.15, 0.2) is 0 Å². The van der Waals surface area contributed by atoms with Gasteiger partial charge in [-0.25, -0.2) is 4.79 Å².